The van der Waals surface area contributed by atoms with E-state index in [2.05, 4.69) is 14.1 Å². The van der Waals surface area contributed by atoms with Crippen molar-refractivity contribution in [1.82, 2.24) is 4.72 Å². The van der Waals surface area contributed by atoms with Crippen LogP contribution in [0.2, 0.25) is 0 Å². The quantitative estimate of drug-likeness (QED) is 0.835. The fourth-order valence-electron chi connectivity index (χ4n) is 1.68. The summed E-state index contributed by atoms with van der Waals surface area (Å²) in [7, 11) is 0. The van der Waals surface area contributed by atoms with Gasteiger partial charge in [-0.3, -0.25) is 4.72 Å². The molecule has 18 heavy (non-hydrogen) atoms. The van der Waals surface area contributed by atoms with Gasteiger partial charge in [-0.05, 0) is 0 Å². The van der Waals surface area contributed by atoms with Crippen molar-refractivity contribution in [3.05, 3.63) is 71.8 Å². The predicted octanol–water partition coefficient (Wildman–Crippen LogP) is 3.05. The molecule has 0 bridgehead atoms. The summed E-state index contributed by atoms with van der Waals surface area (Å²) >= 11 is 1.31. The van der Waals surface area contributed by atoms with Gasteiger partial charge < -0.3 is 0 Å². The van der Waals surface area contributed by atoms with Gasteiger partial charge in [0.2, 0.25) is 0 Å². The van der Waals surface area contributed by atoms with Gasteiger partial charge in [-0.25, -0.2) is 4.99 Å². The Kier molecular flexibility index (Phi) is 3.10. The van der Waals surface area contributed by atoms with E-state index >= 15 is 0 Å². The Morgan fingerprint density at radius 1 is 0.778 bits per heavy atom. The Balaban J connectivity index is 1.95. The first-order chi connectivity index (χ1) is 8.93. The maximum Gasteiger partial charge on any atom is 0.171 e. The van der Waals surface area contributed by atoms with Crippen molar-refractivity contribution in [3.63, 3.8) is 0 Å². The zero-order valence-electron chi connectivity index (χ0n) is 9.58. The smallest absolute Gasteiger partial charge is 0.171 e. The molecule has 0 spiro atoms. The number of aliphatic imine (C=N–C) groups is 1. The molecule has 0 atom stereocenters. The highest BCUT2D eigenvalue weighted by Crippen LogP contribution is 2.14. The van der Waals surface area contributed by atoms with Gasteiger partial charge in [0.05, 0.1) is 12.1 Å². The molecule has 1 aliphatic heterocycles. The second-order valence-corrected chi connectivity index (χ2v) is 4.37. The molecule has 3 nitrogen and oxygen atoms in total. The number of nitrogens with zero attached hydrogens (tertiary/aromatic N) is 2. The maximum absolute atomic E-state index is 4.56. The van der Waals surface area contributed by atoms with Crippen molar-refractivity contribution in [2.75, 3.05) is 0 Å². The monoisotopic (exact) mass is 253 g/mol. The molecular formula is C14H11N3S. The lowest BCUT2D eigenvalue weighted by molar-refractivity contribution is 1.39. The minimum absolute atomic E-state index is 0.748. The number of hydrogen-bond donors (Lipinski definition) is 1. The van der Waals surface area contributed by atoms with Crippen molar-refractivity contribution in [2.24, 2.45) is 9.39 Å². The Labute approximate surface area is 110 Å². The highest BCUT2D eigenvalue weighted by atomic mass is 32.2. The zero-order chi connectivity index (χ0) is 12.2. The number of hydrogen-bond acceptors (Lipinski definition) is 4. The second kappa shape index (κ2) is 5.06. The summed E-state index contributed by atoms with van der Waals surface area (Å²) in [5.41, 5.74) is 2.09. The molecule has 0 fully saturated rings. The summed E-state index contributed by atoms with van der Waals surface area (Å²) in [6.45, 7) is 0. The Morgan fingerprint density at radius 3 is 2.06 bits per heavy atom. The van der Waals surface area contributed by atoms with Crippen LogP contribution in [0.5, 0.6) is 0 Å². The first kappa shape index (κ1) is 11.0. The molecule has 0 unspecified atom stereocenters. The van der Waals surface area contributed by atoms with Crippen LogP contribution >= 0.6 is 12.1 Å². The van der Waals surface area contributed by atoms with E-state index in [0.29, 0.717) is 0 Å². The van der Waals surface area contributed by atoms with Crippen molar-refractivity contribution >= 4 is 23.8 Å². The molecule has 0 aliphatic carbocycles. The first-order valence-electron chi connectivity index (χ1n) is 5.63. The Bertz CT molecular complexity index is 591. The first-order valence-corrected chi connectivity index (χ1v) is 6.40. The third-order valence-electron chi connectivity index (χ3n) is 2.57. The molecule has 1 aliphatic rings. The van der Waals surface area contributed by atoms with E-state index in [4.69, 9.17) is 0 Å². The average Bonchev–Trinajstić information content (AvgIpc) is 2.49. The fraction of sp³-hybridized carbons (Fsp3) is 0. The van der Waals surface area contributed by atoms with Crippen molar-refractivity contribution in [1.29, 1.82) is 0 Å². The molecule has 0 amide bonds. The van der Waals surface area contributed by atoms with E-state index in [1.807, 2.05) is 60.7 Å². The summed E-state index contributed by atoms with van der Waals surface area (Å²) in [5.74, 6) is 1.59. The Morgan fingerprint density at radius 2 is 1.39 bits per heavy atom. The second-order valence-electron chi connectivity index (χ2n) is 3.80. The zero-order valence-corrected chi connectivity index (χ0v) is 10.4. The maximum atomic E-state index is 4.56. The highest BCUT2D eigenvalue weighted by Gasteiger charge is 2.11. The van der Waals surface area contributed by atoms with Crippen LogP contribution in [0.4, 0.5) is 0 Å². The normalized spacial score (nSPS) is 14.4. The number of amidine groups is 2. The largest absolute Gasteiger partial charge is 0.294 e. The lowest BCUT2D eigenvalue weighted by atomic mass is 10.2. The van der Waals surface area contributed by atoms with Crippen molar-refractivity contribution < 1.29 is 0 Å². The minimum atomic E-state index is 0.748. The minimum Gasteiger partial charge on any atom is -0.294 e. The van der Waals surface area contributed by atoms with E-state index in [1.54, 1.807) is 0 Å². The molecule has 2 aromatic rings. The summed E-state index contributed by atoms with van der Waals surface area (Å²) in [5, 5.41) is 0. The van der Waals surface area contributed by atoms with Crippen molar-refractivity contribution in [3.8, 4) is 0 Å². The molecule has 3 rings (SSSR count). The van der Waals surface area contributed by atoms with E-state index in [-0.39, 0.29) is 0 Å². The van der Waals surface area contributed by atoms with Crippen LogP contribution in [-0.4, -0.2) is 11.7 Å². The van der Waals surface area contributed by atoms with Crippen LogP contribution < -0.4 is 4.72 Å². The van der Waals surface area contributed by atoms with Gasteiger partial charge in [-0.15, -0.1) is 0 Å². The van der Waals surface area contributed by atoms with Gasteiger partial charge in [0.15, 0.2) is 5.84 Å². The summed E-state index contributed by atoms with van der Waals surface area (Å²) in [6.07, 6.45) is 0. The number of nitrogens with one attached hydrogen (secondary N) is 1. The lowest BCUT2D eigenvalue weighted by Gasteiger charge is -2.13. The molecule has 88 valence electrons. The molecule has 2 aromatic carbocycles. The average molecular weight is 253 g/mol. The van der Waals surface area contributed by atoms with Crippen molar-refractivity contribution in [2.45, 2.75) is 0 Å². The molecule has 4 heteroatoms. The molecule has 0 saturated carbocycles. The molecular weight excluding hydrogens is 242 g/mol. The SMILES string of the molecule is c1ccc(C2=NSNC(c3ccccc3)=N2)cc1. The standard InChI is InChI=1S/C14H11N3S/c1-3-7-11(8-4-1)13-15-14(17-18-16-13)12-9-5-2-6-10-12/h1-10H,(H,15,16,17). The lowest BCUT2D eigenvalue weighted by Crippen LogP contribution is -2.22. The van der Waals surface area contributed by atoms with Gasteiger partial charge in [0, 0.05) is 11.1 Å². The number of benzene rings is 2. The molecule has 0 radical (unpaired) electrons. The van der Waals surface area contributed by atoms with E-state index in [1.165, 1.54) is 12.1 Å². The van der Waals surface area contributed by atoms with E-state index < -0.39 is 0 Å². The van der Waals surface area contributed by atoms with Crippen LogP contribution in [0.25, 0.3) is 0 Å². The molecule has 1 heterocycles. The molecule has 0 saturated heterocycles. The fourth-order valence-corrected chi connectivity index (χ4v) is 2.21. The molecule has 1 N–H and O–H groups in total. The summed E-state index contributed by atoms with van der Waals surface area (Å²) in [6, 6.07) is 20.0. The van der Waals surface area contributed by atoms with Gasteiger partial charge >= 0.3 is 0 Å². The predicted molar refractivity (Wildman–Crippen MR) is 76.7 cm³/mol. The van der Waals surface area contributed by atoms with Crippen LogP contribution in [0.3, 0.4) is 0 Å². The number of rotatable bonds is 2. The third-order valence-corrected chi connectivity index (χ3v) is 3.12. The van der Waals surface area contributed by atoms with Gasteiger partial charge in [-0.1, -0.05) is 60.7 Å². The topological polar surface area (TPSA) is 36.8 Å². The van der Waals surface area contributed by atoms with E-state index in [9.17, 15) is 0 Å². The summed E-state index contributed by atoms with van der Waals surface area (Å²) < 4.78 is 7.42. The van der Waals surface area contributed by atoms with Gasteiger partial charge in [0.1, 0.15) is 5.84 Å². The van der Waals surface area contributed by atoms with Crippen LogP contribution in [0.1, 0.15) is 11.1 Å². The van der Waals surface area contributed by atoms with Gasteiger partial charge in [0.25, 0.3) is 0 Å². The van der Waals surface area contributed by atoms with Crippen LogP contribution in [0.15, 0.2) is 70.1 Å². The Hall–Kier alpha value is -2.07. The van der Waals surface area contributed by atoms with Crippen LogP contribution in [-0.2, 0) is 0 Å². The van der Waals surface area contributed by atoms with Gasteiger partial charge in [-0.2, -0.15) is 4.40 Å². The van der Waals surface area contributed by atoms with E-state index in [0.717, 1.165) is 22.8 Å². The summed E-state index contributed by atoms with van der Waals surface area (Å²) in [4.78, 5) is 4.56. The highest BCUT2D eigenvalue weighted by molar-refractivity contribution is 7.96. The third kappa shape index (κ3) is 2.28. The molecule has 0 aromatic heterocycles. The van der Waals surface area contributed by atoms with Crippen LogP contribution in [0, 0.1) is 0 Å².